The van der Waals surface area contributed by atoms with E-state index < -0.39 is 0 Å². The molecule has 4 nitrogen and oxygen atoms in total. The maximum Gasteiger partial charge on any atom is 0.116 e. The molecule has 19 heavy (non-hydrogen) atoms. The molecule has 0 aromatic carbocycles. The first kappa shape index (κ1) is 16.4. The lowest BCUT2D eigenvalue weighted by molar-refractivity contribution is 0.137. The molecule has 0 fully saturated rings. The molecule has 0 aliphatic heterocycles. The van der Waals surface area contributed by atoms with Crippen LogP contribution in [0.3, 0.4) is 0 Å². The van der Waals surface area contributed by atoms with Crippen LogP contribution in [0.5, 0.6) is 0 Å². The lowest BCUT2D eigenvalue weighted by Gasteiger charge is -2.34. The van der Waals surface area contributed by atoms with Gasteiger partial charge in [-0.25, -0.2) is 9.97 Å². The van der Waals surface area contributed by atoms with Gasteiger partial charge in [-0.3, -0.25) is 0 Å². The molecular formula is C14H25N3OS. The van der Waals surface area contributed by atoms with Crippen LogP contribution in [-0.2, 0) is 0 Å². The summed E-state index contributed by atoms with van der Waals surface area (Å²) < 4.78 is 0. The van der Waals surface area contributed by atoms with Crippen molar-refractivity contribution in [3.8, 4) is 0 Å². The average Bonchev–Trinajstić information content (AvgIpc) is 2.43. The van der Waals surface area contributed by atoms with Crippen LogP contribution in [0.4, 0.5) is 0 Å². The first-order valence-electron chi connectivity index (χ1n) is 6.89. The van der Waals surface area contributed by atoms with E-state index in [9.17, 15) is 5.11 Å². The molecule has 0 bridgehead atoms. The van der Waals surface area contributed by atoms with Crippen LogP contribution in [0.15, 0.2) is 23.6 Å². The molecule has 0 radical (unpaired) electrons. The van der Waals surface area contributed by atoms with E-state index in [1.807, 2.05) is 6.07 Å². The number of nitrogens with one attached hydrogen (secondary N) is 1. The van der Waals surface area contributed by atoms with Crippen molar-refractivity contribution >= 4 is 11.8 Å². The SMILES string of the molecule is CCC(CO)(CCCSc1ccncn1)NC(C)C. The topological polar surface area (TPSA) is 58.0 Å². The fourth-order valence-electron chi connectivity index (χ4n) is 2.15. The number of rotatable bonds is 9. The molecule has 0 spiro atoms. The van der Waals surface area contributed by atoms with Crippen molar-refractivity contribution in [2.75, 3.05) is 12.4 Å². The van der Waals surface area contributed by atoms with E-state index in [2.05, 4.69) is 36.1 Å². The summed E-state index contributed by atoms with van der Waals surface area (Å²) in [6, 6.07) is 2.32. The molecule has 2 N–H and O–H groups in total. The highest BCUT2D eigenvalue weighted by atomic mass is 32.2. The molecule has 1 unspecified atom stereocenters. The standard InChI is InChI=1S/C14H25N3OS/c1-4-14(10-18,17-12(2)3)7-5-9-19-13-6-8-15-11-16-13/h6,8,11-12,17-18H,4-5,7,9-10H2,1-3H3. The summed E-state index contributed by atoms with van der Waals surface area (Å²) in [7, 11) is 0. The Balaban J connectivity index is 2.36. The molecule has 0 amide bonds. The van der Waals surface area contributed by atoms with Gasteiger partial charge in [0.1, 0.15) is 6.33 Å². The molecule has 0 saturated heterocycles. The molecule has 1 heterocycles. The maximum atomic E-state index is 9.65. The van der Waals surface area contributed by atoms with Crippen LogP contribution in [0.1, 0.15) is 40.0 Å². The first-order chi connectivity index (χ1) is 9.12. The Kier molecular flexibility index (Phi) is 7.34. The van der Waals surface area contributed by atoms with E-state index in [1.165, 1.54) is 0 Å². The van der Waals surface area contributed by atoms with Gasteiger partial charge in [0.15, 0.2) is 0 Å². The predicted octanol–water partition coefficient (Wildman–Crippen LogP) is 2.49. The Bertz CT molecular complexity index is 342. The molecule has 108 valence electrons. The zero-order valence-corrected chi connectivity index (χ0v) is 12.9. The van der Waals surface area contributed by atoms with E-state index >= 15 is 0 Å². The summed E-state index contributed by atoms with van der Waals surface area (Å²) in [6.07, 6.45) is 6.32. The molecule has 1 atom stereocenters. The lowest BCUT2D eigenvalue weighted by Crippen LogP contribution is -2.51. The third-order valence-electron chi connectivity index (χ3n) is 3.18. The zero-order valence-electron chi connectivity index (χ0n) is 12.1. The fourth-order valence-corrected chi connectivity index (χ4v) is 2.93. The minimum absolute atomic E-state index is 0.138. The van der Waals surface area contributed by atoms with Crippen molar-refractivity contribution in [1.82, 2.24) is 15.3 Å². The largest absolute Gasteiger partial charge is 0.394 e. The van der Waals surface area contributed by atoms with Gasteiger partial charge in [0, 0.05) is 17.8 Å². The number of hydrogen-bond acceptors (Lipinski definition) is 5. The Hall–Kier alpha value is -0.650. The number of aliphatic hydroxyl groups is 1. The summed E-state index contributed by atoms with van der Waals surface area (Å²) >= 11 is 1.74. The number of nitrogens with zero attached hydrogens (tertiary/aromatic N) is 2. The number of thioether (sulfide) groups is 1. The first-order valence-corrected chi connectivity index (χ1v) is 7.88. The molecule has 1 aromatic rings. The second kappa shape index (κ2) is 8.51. The van der Waals surface area contributed by atoms with Gasteiger partial charge in [-0.15, -0.1) is 11.8 Å². The van der Waals surface area contributed by atoms with Crippen LogP contribution < -0.4 is 5.32 Å². The van der Waals surface area contributed by atoms with Gasteiger partial charge in [-0.05, 0) is 31.1 Å². The van der Waals surface area contributed by atoms with E-state index in [4.69, 9.17) is 0 Å². The summed E-state index contributed by atoms with van der Waals surface area (Å²) in [4.78, 5) is 8.09. The van der Waals surface area contributed by atoms with Crippen LogP contribution >= 0.6 is 11.8 Å². The second-order valence-corrected chi connectivity index (χ2v) is 6.21. The Morgan fingerprint density at radius 2 is 2.26 bits per heavy atom. The van der Waals surface area contributed by atoms with Crippen molar-refractivity contribution in [2.45, 2.75) is 56.6 Å². The smallest absolute Gasteiger partial charge is 0.116 e. The van der Waals surface area contributed by atoms with Crippen LogP contribution in [0.25, 0.3) is 0 Å². The third-order valence-corrected chi connectivity index (χ3v) is 4.21. The van der Waals surface area contributed by atoms with Gasteiger partial charge < -0.3 is 10.4 Å². The maximum absolute atomic E-state index is 9.65. The molecular weight excluding hydrogens is 258 g/mol. The number of aliphatic hydroxyl groups excluding tert-OH is 1. The number of aromatic nitrogens is 2. The minimum atomic E-state index is -0.138. The summed E-state index contributed by atoms with van der Waals surface area (Å²) in [6.45, 7) is 6.56. The second-order valence-electron chi connectivity index (χ2n) is 5.09. The highest BCUT2D eigenvalue weighted by Crippen LogP contribution is 2.22. The normalized spacial score (nSPS) is 14.6. The molecule has 0 aliphatic carbocycles. The summed E-state index contributed by atoms with van der Waals surface area (Å²) in [5, 5.41) is 14.2. The van der Waals surface area contributed by atoms with Crippen LogP contribution in [0, 0.1) is 0 Å². The van der Waals surface area contributed by atoms with Crippen molar-refractivity contribution in [1.29, 1.82) is 0 Å². The minimum Gasteiger partial charge on any atom is -0.394 e. The highest BCUT2D eigenvalue weighted by Gasteiger charge is 2.26. The summed E-state index contributed by atoms with van der Waals surface area (Å²) in [5.41, 5.74) is -0.138. The van der Waals surface area contributed by atoms with E-state index in [0.717, 1.165) is 30.0 Å². The van der Waals surface area contributed by atoms with E-state index in [1.54, 1.807) is 24.3 Å². The average molecular weight is 283 g/mol. The van der Waals surface area contributed by atoms with Gasteiger partial charge in [-0.2, -0.15) is 0 Å². The quantitative estimate of drug-likeness (QED) is 0.414. The molecule has 1 aromatic heterocycles. The molecule has 1 rings (SSSR count). The van der Waals surface area contributed by atoms with Crippen molar-refractivity contribution in [3.63, 3.8) is 0 Å². The van der Waals surface area contributed by atoms with Gasteiger partial charge in [0.05, 0.1) is 11.6 Å². The van der Waals surface area contributed by atoms with Crippen LogP contribution in [0.2, 0.25) is 0 Å². The van der Waals surface area contributed by atoms with E-state index in [-0.39, 0.29) is 12.1 Å². The van der Waals surface area contributed by atoms with Crippen molar-refractivity contribution in [2.24, 2.45) is 0 Å². The van der Waals surface area contributed by atoms with Crippen LogP contribution in [-0.4, -0.2) is 39.0 Å². The van der Waals surface area contributed by atoms with Crippen molar-refractivity contribution < 1.29 is 5.11 Å². The predicted molar refractivity (Wildman–Crippen MR) is 80.4 cm³/mol. The fraction of sp³-hybridized carbons (Fsp3) is 0.714. The molecule has 5 heteroatoms. The van der Waals surface area contributed by atoms with Gasteiger partial charge in [-0.1, -0.05) is 20.8 Å². The molecule has 0 aliphatic rings. The lowest BCUT2D eigenvalue weighted by atomic mass is 9.91. The van der Waals surface area contributed by atoms with E-state index in [0.29, 0.717) is 6.04 Å². The van der Waals surface area contributed by atoms with Gasteiger partial charge >= 0.3 is 0 Å². The van der Waals surface area contributed by atoms with Gasteiger partial charge in [0.25, 0.3) is 0 Å². The monoisotopic (exact) mass is 283 g/mol. The zero-order chi connectivity index (χ0) is 14.1. The Labute approximate surface area is 120 Å². The Morgan fingerprint density at radius 1 is 1.47 bits per heavy atom. The van der Waals surface area contributed by atoms with Crippen molar-refractivity contribution in [3.05, 3.63) is 18.6 Å². The van der Waals surface area contributed by atoms with Gasteiger partial charge in [0.2, 0.25) is 0 Å². The Morgan fingerprint density at radius 3 is 2.79 bits per heavy atom. The third kappa shape index (κ3) is 5.89. The highest BCUT2D eigenvalue weighted by molar-refractivity contribution is 7.99. The number of hydrogen-bond donors (Lipinski definition) is 2. The summed E-state index contributed by atoms with van der Waals surface area (Å²) in [5.74, 6) is 1.01. The molecule has 0 saturated carbocycles.